The molecule has 104 valence electrons. The van der Waals surface area contributed by atoms with E-state index in [1.807, 2.05) is 19.2 Å². The van der Waals surface area contributed by atoms with E-state index < -0.39 is 0 Å². The number of carbonyl (C=O) groups is 1. The van der Waals surface area contributed by atoms with Crippen LogP contribution in [0, 0.1) is 0 Å². The lowest BCUT2D eigenvalue weighted by molar-refractivity contribution is 0.0683. The van der Waals surface area contributed by atoms with Gasteiger partial charge in [-0.05, 0) is 51.6 Å². The van der Waals surface area contributed by atoms with Crippen molar-refractivity contribution in [2.24, 2.45) is 0 Å². The Morgan fingerprint density at radius 1 is 1.32 bits per heavy atom. The molecule has 1 aliphatic rings. The zero-order chi connectivity index (χ0) is 14.0. The summed E-state index contributed by atoms with van der Waals surface area (Å²) in [7, 11) is 6.31. The first-order valence-corrected chi connectivity index (χ1v) is 7.00. The van der Waals surface area contributed by atoms with Gasteiger partial charge in [0.2, 0.25) is 0 Å². The zero-order valence-electron chi connectivity index (χ0n) is 11.8. The van der Waals surface area contributed by atoms with Gasteiger partial charge in [0, 0.05) is 35.4 Å². The molecule has 1 saturated carbocycles. The lowest BCUT2D eigenvalue weighted by atomic mass is 9.75. The highest BCUT2D eigenvalue weighted by atomic mass is 35.5. The van der Waals surface area contributed by atoms with E-state index in [1.54, 1.807) is 6.07 Å². The minimum absolute atomic E-state index is 0.245. The van der Waals surface area contributed by atoms with Gasteiger partial charge in [-0.25, -0.2) is 0 Å². The summed E-state index contributed by atoms with van der Waals surface area (Å²) >= 11 is 5.94. The quantitative estimate of drug-likeness (QED) is 0.775. The Labute approximate surface area is 120 Å². The summed E-state index contributed by atoms with van der Waals surface area (Å²) in [5, 5.41) is 0.602. The molecule has 0 atom stereocenters. The van der Waals surface area contributed by atoms with Gasteiger partial charge in [0.15, 0.2) is 6.29 Å². The zero-order valence-corrected chi connectivity index (χ0v) is 12.6. The molecule has 0 spiro atoms. The number of rotatable bonds is 5. The topological polar surface area (TPSA) is 23.6 Å². The number of halogens is 1. The summed E-state index contributed by atoms with van der Waals surface area (Å²) < 4.78 is 0. The van der Waals surface area contributed by atoms with Gasteiger partial charge in [0.25, 0.3) is 0 Å². The Bertz CT molecular complexity index is 469. The molecule has 0 radical (unpaired) electrons. The van der Waals surface area contributed by atoms with Crippen LogP contribution < -0.4 is 4.90 Å². The van der Waals surface area contributed by atoms with E-state index in [0.717, 1.165) is 18.5 Å². The molecule has 19 heavy (non-hydrogen) atoms. The molecule has 1 fully saturated rings. The van der Waals surface area contributed by atoms with Crippen molar-refractivity contribution in [3.8, 4) is 0 Å². The van der Waals surface area contributed by atoms with Gasteiger partial charge >= 0.3 is 0 Å². The maximum absolute atomic E-state index is 11.2. The maximum Gasteiger partial charge on any atom is 0.152 e. The van der Waals surface area contributed by atoms with E-state index in [9.17, 15) is 4.79 Å². The Balaban J connectivity index is 2.20. The van der Waals surface area contributed by atoms with Crippen molar-refractivity contribution < 1.29 is 4.79 Å². The number of likely N-dealkylation sites (N-methyl/N-ethyl adjacent to an activating group) is 2. The van der Waals surface area contributed by atoms with Crippen LogP contribution in [-0.4, -0.2) is 44.4 Å². The molecular weight excluding hydrogens is 260 g/mol. The smallest absolute Gasteiger partial charge is 0.152 e. The van der Waals surface area contributed by atoms with Crippen molar-refractivity contribution >= 4 is 23.6 Å². The molecule has 0 N–H and O–H groups in total. The van der Waals surface area contributed by atoms with Crippen LogP contribution in [-0.2, 0) is 0 Å². The predicted octanol–water partition coefficient (Wildman–Crippen LogP) is 3.07. The number of hydrogen-bond acceptors (Lipinski definition) is 3. The third-order valence-electron chi connectivity index (χ3n) is 4.29. The van der Waals surface area contributed by atoms with Crippen molar-refractivity contribution in [2.45, 2.75) is 24.8 Å². The van der Waals surface area contributed by atoms with Crippen LogP contribution in [0.25, 0.3) is 0 Å². The second-order valence-electron chi connectivity index (χ2n) is 5.65. The van der Waals surface area contributed by atoms with E-state index in [1.165, 1.54) is 19.3 Å². The molecule has 0 aromatic heterocycles. The first-order valence-electron chi connectivity index (χ1n) is 6.62. The molecule has 0 unspecified atom stereocenters. The standard InChI is InChI=1S/C15H21ClN2O/c1-17(2)15(7-4-8-15)11-18(3)14-6-5-13(16)9-12(14)10-19/h5-6,9-10H,4,7-8,11H2,1-3H3. The van der Waals surface area contributed by atoms with E-state index >= 15 is 0 Å². The molecule has 1 aromatic carbocycles. The molecule has 0 saturated heterocycles. The van der Waals surface area contributed by atoms with Gasteiger partial charge in [0.05, 0.1) is 0 Å². The van der Waals surface area contributed by atoms with Crippen molar-refractivity contribution in [3.63, 3.8) is 0 Å². The van der Waals surface area contributed by atoms with Crippen molar-refractivity contribution in [1.29, 1.82) is 0 Å². The minimum Gasteiger partial charge on any atom is -0.372 e. The average Bonchev–Trinajstić information content (AvgIpc) is 2.32. The normalized spacial score (nSPS) is 17.1. The number of benzene rings is 1. The number of aldehydes is 1. The van der Waals surface area contributed by atoms with E-state index in [0.29, 0.717) is 10.6 Å². The second-order valence-corrected chi connectivity index (χ2v) is 6.09. The molecule has 0 aliphatic heterocycles. The highest BCUT2D eigenvalue weighted by molar-refractivity contribution is 6.31. The first kappa shape index (κ1) is 14.4. The summed E-state index contributed by atoms with van der Waals surface area (Å²) in [6.07, 6.45) is 4.59. The van der Waals surface area contributed by atoms with Crippen LogP contribution in [0.5, 0.6) is 0 Å². The monoisotopic (exact) mass is 280 g/mol. The Morgan fingerprint density at radius 2 is 2.00 bits per heavy atom. The highest BCUT2D eigenvalue weighted by Crippen LogP contribution is 2.37. The van der Waals surface area contributed by atoms with E-state index in [-0.39, 0.29) is 5.54 Å². The van der Waals surface area contributed by atoms with Crippen LogP contribution in [0.3, 0.4) is 0 Å². The molecule has 0 heterocycles. The molecule has 2 rings (SSSR count). The molecule has 1 aliphatic carbocycles. The number of anilines is 1. The Kier molecular flexibility index (Phi) is 4.16. The minimum atomic E-state index is 0.245. The van der Waals surface area contributed by atoms with Crippen LogP contribution in [0.4, 0.5) is 5.69 Å². The molecule has 4 heteroatoms. The van der Waals surface area contributed by atoms with Crippen LogP contribution in [0.1, 0.15) is 29.6 Å². The van der Waals surface area contributed by atoms with Gasteiger partial charge in [-0.3, -0.25) is 4.79 Å². The third-order valence-corrected chi connectivity index (χ3v) is 4.53. The van der Waals surface area contributed by atoms with Gasteiger partial charge in [-0.15, -0.1) is 0 Å². The van der Waals surface area contributed by atoms with Gasteiger partial charge < -0.3 is 9.80 Å². The fraction of sp³-hybridized carbons (Fsp3) is 0.533. The summed E-state index contributed by atoms with van der Waals surface area (Å²) in [5.74, 6) is 0. The number of carbonyl (C=O) groups excluding carboxylic acids is 1. The molecule has 0 bridgehead atoms. The summed E-state index contributed by atoms with van der Waals surface area (Å²) in [4.78, 5) is 15.6. The number of nitrogens with zero attached hydrogens (tertiary/aromatic N) is 2. The fourth-order valence-corrected chi connectivity index (χ4v) is 3.01. The lowest BCUT2D eigenvalue weighted by Gasteiger charge is -2.49. The van der Waals surface area contributed by atoms with Gasteiger partial charge in [-0.2, -0.15) is 0 Å². The Hall–Kier alpha value is -1.06. The molecule has 1 aromatic rings. The van der Waals surface area contributed by atoms with E-state index in [2.05, 4.69) is 23.9 Å². The maximum atomic E-state index is 11.2. The average molecular weight is 281 g/mol. The lowest BCUT2D eigenvalue weighted by Crippen LogP contribution is -2.56. The summed E-state index contributed by atoms with van der Waals surface area (Å²) in [6, 6.07) is 5.49. The Morgan fingerprint density at radius 3 is 2.47 bits per heavy atom. The van der Waals surface area contributed by atoms with E-state index in [4.69, 9.17) is 11.6 Å². The van der Waals surface area contributed by atoms with Crippen molar-refractivity contribution in [3.05, 3.63) is 28.8 Å². The SMILES string of the molecule is CN(CC1(N(C)C)CCC1)c1ccc(Cl)cc1C=O. The highest BCUT2D eigenvalue weighted by Gasteiger charge is 2.40. The fourth-order valence-electron chi connectivity index (χ4n) is 2.83. The largest absolute Gasteiger partial charge is 0.372 e. The van der Waals surface area contributed by atoms with Crippen LogP contribution in [0.2, 0.25) is 5.02 Å². The predicted molar refractivity (Wildman–Crippen MR) is 80.4 cm³/mol. The molecule has 3 nitrogen and oxygen atoms in total. The number of hydrogen-bond donors (Lipinski definition) is 0. The first-order chi connectivity index (χ1) is 8.98. The second kappa shape index (κ2) is 5.51. The van der Waals surface area contributed by atoms with Crippen molar-refractivity contribution in [2.75, 3.05) is 32.6 Å². The summed E-state index contributed by atoms with van der Waals surface area (Å²) in [5.41, 5.74) is 1.85. The molecular formula is C15H21ClN2O. The van der Waals surface area contributed by atoms with Gasteiger partial charge in [-0.1, -0.05) is 11.6 Å². The summed E-state index contributed by atoms with van der Waals surface area (Å²) in [6.45, 7) is 0.933. The van der Waals surface area contributed by atoms with Crippen LogP contribution in [0.15, 0.2) is 18.2 Å². The van der Waals surface area contributed by atoms with Crippen molar-refractivity contribution in [1.82, 2.24) is 4.90 Å². The molecule has 0 amide bonds. The van der Waals surface area contributed by atoms with Gasteiger partial charge in [0.1, 0.15) is 0 Å². The third kappa shape index (κ3) is 2.77. The van der Waals surface area contributed by atoms with Crippen LogP contribution >= 0.6 is 11.6 Å².